The first kappa shape index (κ1) is 13.0. The summed E-state index contributed by atoms with van der Waals surface area (Å²) in [4.78, 5) is 14.0. The largest absolute Gasteiger partial charge is 0.350 e. The molecule has 0 radical (unpaired) electrons. The molecule has 1 atom stereocenters. The molecule has 1 heterocycles. The van der Waals surface area contributed by atoms with Crippen molar-refractivity contribution in [3.63, 3.8) is 0 Å². The molecule has 0 bridgehead atoms. The van der Waals surface area contributed by atoms with E-state index in [4.69, 9.17) is 12.2 Å². The van der Waals surface area contributed by atoms with Gasteiger partial charge >= 0.3 is 0 Å². The number of nitrogens with zero attached hydrogens (tertiary/aromatic N) is 1. The van der Waals surface area contributed by atoms with E-state index in [2.05, 4.69) is 5.32 Å². The lowest BCUT2D eigenvalue weighted by Crippen LogP contribution is -2.46. The van der Waals surface area contributed by atoms with E-state index < -0.39 is 0 Å². The topological polar surface area (TPSA) is 32.3 Å². The van der Waals surface area contributed by atoms with Gasteiger partial charge in [-0.25, -0.2) is 0 Å². The smallest absolute Gasteiger partial charge is 0.252 e. The third-order valence-electron chi connectivity index (χ3n) is 2.97. The second-order valence-electron chi connectivity index (χ2n) is 5.54. The van der Waals surface area contributed by atoms with Gasteiger partial charge in [0, 0.05) is 12.0 Å². The molecule has 1 amide bonds. The quantitative estimate of drug-likeness (QED) is 0.829. The van der Waals surface area contributed by atoms with Crippen molar-refractivity contribution >= 4 is 23.2 Å². The van der Waals surface area contributed by atoms with Crippen LogP contribution in [-0.4, -0.2) is 27.5 Å². The lowest BCUT2D eigenvalue weighted by molar-refractivity contribution is -0.130. The van der Waals surface area contributed by atoms with Gasteiger partial charge in [-0.2, -0.15) is 0 Å². The average molecular weight is 262 g/mol. The number of carbonyl (C=O) groups excluding carboxylic acids is 1. The molecule has 0 saturated carbocycles. The maximum absolute atomic E-state index is 12.3. The van der Waals surface area contributed by atoms with Crippen LogP contribution in [0.3, 0.4) is 0 Å². The maximum Gasteiger partial charge on any atom is 0.252 e. The molecule has 1 fully saturated rings. The zero-order valence-electron chi connectivity index (χ0n) is 10.9. The van der Waals surface area contributed by atoms with E-state index in [1.54, 1.807) is 4.90 Å². The van der Waals surface area contributed by atoms with E-state index in [0.29, 0.717) is 11.5 Å². The van der Waals surface area contributed by atoms with Gasteiger partial charge in [-0.15, -0.1) is 0 Å². The molecule has 3 nitrogen and oxygen atoms in total. The third kappa shape index (κ3) is 2.53. The van der Waals surface area contributed by atoms with E-state index in [1.807, 2.05) is 51.1 Å². The Balaban J connectivity index is 2.14. The van der Waals surface area contributed by atoms with E-state index in [-0.39, 0.29) is 17.5 Å². The van der Waals surface area contributed by atoms with Gasteiger partial charge in [0.1, 0.15) is 6.04 Å². The molecule has 1 unspecified atom stereocenters. The highest BCUT2D eigenvalue weighted by Gasteiger charge is 2.41. The van der Waals surface area contributed by atoms with Crippen LogP contribution in [0.2, 0.25) is 0 Å². The summed E-state index contributed by atoms with van der Waals surface area (Å²) in [5.41, 5.74) is 0.869. The highest BCUT2D eigenvalue weighted by molar-refractivity contribution is 7.80. The molecule has 4 heteroatoms. The summed E-state index contributed by atoms with van der Waals surface area (Å²) in [7, 11) is 0. The van der Waals surface area contributed by atoms with Crippen molar-refractivity contribution in [2.75, 3.05) is 0 Å². The van der Waals surface area contributed by atoms with Gasteiger partial charge in [0.2, 0.25) is 0 Å². The van der Waals surface area contributed by atoms with Crippen molar-refractivity contribution < 1.29 is 4.79 Å². The van der Waals surface area contributed by atoms with Crippen molar-refractivity contribution in [2.45, 2.75) is 38.8 Å². The second-order valence-corrected chi connectivity index (χ2v) is 5.92. The number of rotatable bonds is 2. The molecule has 0 spiro atoms. The maximum atomic E-state index is 12.3. The summed E-state index contributed by atoms with van der Waals surface area (Å²) >= 11 is 5.25. The molecule has 1 aromatic carbocycles. The van der Waals surface area contributed by atoms with Crippen LogP contribution in [0.25, 0.3) is 0 Å². The SMILES string of the molecule is CC(C)(C)N1C(=O)C(Cc2ccccc2)NC1=S. The molecule has 18 heavy (non-hydrogen) atoms. The van der Waals surface area contributed by atoms with Gasteiger partial charge in [-0.1, -0.05) is 30.3 Å². The number of benzene rings is 1. The Morgan fingerprint density at radius 2 is 1.89 bits per heavy atom. The van der Waals surface area contributed by atoms with Crippen LogP contribution in [0.4, 0.5) is 0 Å². The Labute approximate surface area is 113 Å². The monoisotopic (exact) mass is 262 g/mol. The Bertz CT molecular complexity index is 464. The normalized spacial score (nSPS) is 20.2. The van der Waals surface area contributed by atoms with E-state index in [9.17, 15) is 4.79 Å². The van der Waals surface area contributed by atoms with Crippen molar-refractivity contribution in [2.24, 2.45) is 0 Å². The van der Waals surface area contributed by atoms with Crippen LogP contribution >= 0.6 is 12.2 Å². The lowest BCUT2D eigenvalue weighted by Gasteiger charge is -2.30. The second kappa shape index (κ2) is 4.69. The fourth-order valence-corrected chi connectivity index (χ4v) is 2.66. The van der Waals surface area contributed by atoms with Crippen LogP contribution in [0.5, 0.6) is 0 Å². The van der Waals surface area contributed by atoms with Gasteiger partial charge < -0.3 is 5.32 Å². The Hall–Kier alpha value is -1.42. The molecule has 96 valence electrons. The average Bonchev–Trinajstić information content (AvgIpc) is 2.54. The molecular formula is C14H18N2OS. The van der Waals surface area contributed by atoms with Crippen LogP contribution in [0.1, 0.15) is 26.3 Å². The zero-order chi connectivity index (χ0) is 13.3. The minimum Gasteiger partial charge on any atom is -0.350 e. The van der Waals surface area contributed by atoms with E-state index in [1.165, 1.54) is 0 Å². The first-order valence-corrected chi connectivity index (χ1v) is 6.49. The molecule has 1 N–H and O–H groups in total. The molecule has 1 aliphatic heterocycles. The molecular weight excluding hydrogens is 244 g/mol. The number of amides is 1. The summed E-state index contributed by atoms with van der Waals surface area (Å²) in [6.07, 6.45) is 0.673. The van der Waals surface area contributed by atoms with E-state index in [0.717, 1.165) is 5.56 Å². The predicted octanol–water partition coefficient (Wildman–Crippen LogP) is 2.11. The number of thiocarbonyl (C=S) groups is 1. The predicted molar refractivity (Wildman–Crippen MR) is 76.3 cm³/mol. The Morgan fingerprint density at radius 1 is 1.28 bits per heavy atom. The van der Waals surface area contributed by atoms with Gasteiger partial charge in [-0.3, -0.25) is 9.69 Å². The fraction of sp³-hybridized carbons (Fsp3) is 0.429. The number of carbonyl (C=O) groups is 1. The minimum absolute atomic E-state index is 0.0661. The van der Waals surface area contributed by atoms with Crippen molar-refractivity contribution in [1.29, 1.82) is 0 Å². The number of hydrogen-bond donors (Lipinski definition) is 1. The van der Waals surface area contributed by atoms with Crippen LogP contribution in [0, 0.1) is 0 Å². The van der Waals surface area contributed by atoms with Gasteiger partial charge in [0.15, 0.2) is 5.11 Å². The Kier molecular flexibility index (Phi) is 3.39. The summed E-state index contributed by atoms with van der Waals surface area (Å²) in [5.74, 6) is 0.0661. The van der Waals surface area contributed by atoms with Crippen LogP contribution in [-0.2, 0) is 11.2 Å². The highest BCUT2D eigenvalue weighted by atomic mass is 32.1. The summed E-state index contributed by atoms with van der Waals surface area (Å²) in [6.45, 7) is 5.97. The Morgan fingerprint density at radius 3 is 2.39 bits per heavy atom. The highest BCUT2D eigenvalue weighted by Crippen LogP contribution is 2.21. The first-order valence-electron chi connectivity index (χ1n) is 6.08. The fourth-order valence-electron chi connectivity index (χ4n) is 2.15. The van der Waals surface area contributed by atoms with Gasteiger partial charge in [0.25, 0.3) is 5.91 Å². The van der Waals surface area contributed by atoms with Crippen molar-refractivity contribution in [1.82, 2.24) is 10.2 Å². The molecule has 1 aliphatic rings. The number of nitrogens with one attached hydrogen (secondary N) is 1. The van der Waals surface area contributed by atoms with Crippen molar-refractivity contribution in [3.05, 3.63) is 35.9 Å². The van der Waals surface area contributed by atoms with Crippen molar-refractivity contribution in [3.8, 4) is 0 Å². The van der Waals surface area contributed by atoms with E-state index >= 15 is 0 Å². The van der Waals surface area contributed by atoms with Gasteiger partial charge in [0.05, 0.1) is 0 Å². The standard InChI is InChI=1S/C14H18N2OS/c1-14(2,3)16-12(17)11(15-13(16)18)9-10-7-5-4-6-8-10/h4-8,11H,9H2,1-3H3,(H,15,18). The number of hydrogen-bond acceptors (Lipinski definition) is 2. The summed E-state index contributed by atoms with van der Waals surface area (Å²) < 4.78 is 0. The van der Waals surface area contributed by atoms with Crippen LogP contribution in [0.15, 0.2) is 30.3 Å². The van der Waals surface area contributed by atoms with Gasteiger partial charge in [-0.05, 0) is 38.6 Å². The first-order chi connectivity index (χ1) is 8.39. The zero-order valence-corrected chi connectivity index (χ0v) is 11.8. The molecule has 1 aromatic rings. The summed E-state index contributed by atoms with van der Waals surface area (Å²) in [6, 6.07) is 9.75. The molecule has 1 saturated heterocycles. The summed E-state index contributed by atoms with van der Waals surface area (Å²) in [5, 5.41) is 3.65. The lowest BCUT2D eigenvalue weighted by atomic mass is 10.0. The molecule has 2 rings (SSSR count). The molecule has 0 aromatic heterocycles. The minimum atomic E-state index is -0.271. The third-order valence-corrected chi connectivity index (χ3v) is 3.27. The molecule has 0 aliphatic carbocycles. The van der Waals surface area contributed by atoms with Crippen LogP contribution < -0.4 is 5.32 Å².